The molecule has 1 aliphatic heterocycles. The van der Waals surface area contributed by atoms with Gasteiger partial charge in [0.25, 0.3) is 0 Å². The van der Waals surface area contributed by atoms with Crippen LogP contribution < -0.4 is 21.1 Å². The summed E-state index contributed by atoms with van der Waals surface area (Å²) < 4.78 is 13.0. The van der Waals surface area contributed by atoms with Gasteiger partial charge < -0.3 is 40.8 Å². The first-order valence-electron chi connectivity index (χ1n) is 24.7. The normalized spacial score (nSPS) is 15.4. The molecule has 1 aliphatic rings. The zero-order valence-corrected chi connectivity index (χ0v) is 43.0. The number of amides is 3. The Balaban J connectivity index is 0.857. The van der Waals surface area contributed by atoms with Crippen molar-refractivity contribution in [3.8, 4) is 39.5 Å². The van der Waals surface area contributed by atoms with E-state index in [4.69, 9.17) is 20.1 Å². The first kappa shape index (κ1) is 54.1. The van der Waals surface area contributed by atoms with Crippen molar-refractivity contribution in [3.05, 3.63) is 52.9 Å². The number of pyridine rings is 1. The third kappa shape index (κ3) is 14.9. The number of fused-ring (bicyclic) bond motifs is 1. The Labute approximate surface area is 419 Å². The lowest BCUT2D eigenvalue weighted by Crippen LogP contribution is -2.50. The molecule has 5 heterocycles. The molecule has 6 N–H and O–H groups in total. The number of Topliss-reactive ketones (excluding diaryl/α,β-unsaturated/α-hetero) is 1. The molecule has 1 saturated heterocycles. The molecule has 0 bridgehead atoms. The Morgan fingerprint density at radius 2 is 1.69 bits per heavy atom. The van der Waals surface area contributed by atoms with Crippen LogP contribution in [-0.2, 0) is 32.3 Å². The first-order valence-corrected chi connectivity index (χ1v) is 25.6. The van der Waals surface area contributed by atoms with Gasteiger partial charge in [-0.05, 0) is 86.2 Å². The largest absolute Gasteiger partial charge is 0.490 e. The number of nitrogen functional groups attached to an aromatic ring is 1. The summed E-state index contributed by atoms with van der Waals surface area (Å²) >= 11 is 1.58. The van der Waals surface area contributed by atoms with Gasteiger partial charge in [0.05, 0.1) is 35.0 Å². The van der Waals surface area contributed by atoms with E-state index in [0.717, 1.165) is 66.6 Å². The summed E-state index contributed by atoms with van der Waals surface area (Å²) in [5.41, 5.74) is 10.8. The van der Waals surface area contributed by atoms with Crippen LogP contribution in [0, 0.1) is 30.1 Å². The molecule has 0 spiro atoms. The lowest BCUT2D eigenvalue weighted by Gasteiger charge is -2.34. The van der Waals surface area contributed by atoms with E-state index in [1.165, 1.54) is 4.90 Å². The number of aromatic nitrogens is 6. The summed E-state index contributed by atoms with van der Waals surface area (Å²) in [5.74, 6) is 5.53. The van der Waals surface area contributed by atoms with Crippen molar-refractivity contribution in [1.82, 2.24) is 45.4 Å². The number of rotatable bonds is 24. The van der Waals surface area contributed by atoms with Gasteiger partial charge in [0, 0.05) is 57.8 Å². The number of β-amino-alcohol motifs (C(OH)–C–C–N with tert-alkyl or cyclic N) is 1. The van der Waals surface area contributed by atoms with Crippen LogP contribution in [0.3, 0.4) is 0 Å². The molecule has 71 heavy (non-hydrogen) atoms. The number of imidazole rings is 1. The van der Waals surface area contributed by atoms with Gasteiger partial charge in [-0.1, -0.05) is 76.6 Å². The third-order valence-electron chi connectivity index (χ3n) is 12.6. The van der Waals surface area contributed by atoms with Crippen molar-refractivity contribution in [2.24, 2.45) is 11.3 Å². The maximum atomic E-state index is 14.1. The number of nitrogens with one attached hydrogen (secondary N) is 2. The van der Waals surface area contributed by atoms with Gasteiger partial charge in [0.15, 0.2) is 23.1 Å². The molecule has 5 aromatic rings. The fourth-order valence-electron chi connectivity index (χ4n) is 8.66. The quantitative estimate of drug-likeness (QED) is 0.0311. The number of aliphatic hydroxyl groups is 2. The van der Waals surface area contributed by atoms with E-state index in [2.05, 4.69) is 42.8 Å². The highest BCUT2D eigenvalue weighted by atomic mass is 32.1. The average molecular weight is 995 g/mol. The summed E-state index contributed by atoms with van der Waals surface area (Å²) in [6.07, 6.45) is 8.22. The number of unbranched alkanes of at least 4 members (excludes halogenated alkanes) is 6. The van der Waals surface area contributed by atoms with Crippen molar-refractivity contribution in [3.63, 3.8) is 0 Å². The van der Waals surface area contributed by atoms with Gasteiger partial charge in [0.2, 0.25) is 17.7 Å². The number of nitrogens with zero attached hydrogens (tertiary/aromatic N) is 7. The number of anilines is 1. The van der Waals surface area contributed by atoms with Crippen molar-refractivity contribution in [2.75, 3.05) is 25.4 Å². The Kier molecular flexibility index (Phi) is 18.9. The van der Waals surface area contributed by atoms with Gasteiger partial charge in [-0.2, -0.15) is 0 Å². The minimum atomic E-state index is -1.23. The van der Waals surface area contributed by atoms with Crippen molar-refractivity contribution >= 4 is 51.7 Å². The highest BCUT2D eigenvalue weighted by Gasteiger charge is 2.44. The van der Waals surface area contributed by atoms with Crippen molar-refractivity contribution < 1.29 is 38.8 Å². The van der Waals surface area contributed by atoms with E-state index < -0.39 is 29.1 Å². The number of aryl methyl sites for hydroxylation is 2. The van der Waals surface area contributed by atoms with Crippen molar-refractivity contribution in [2.45, 2.75) is 156 Å². The Morgan fingerprint density at radius 1 is 0.972 bits per heavy atom. The molecule has 0 aliphatic carbocycles. The second kappa shape index (κ2) is 24.7. The van der Waals surface area contributed by atoms with Crippen LogP contribution in [-0.4, -0.2) is 106 Å². The number of carbonyl (C=O) groups excluding carboxylic acids is 4. The van der Waals surface area contributed by atoms with Crippen LogP contribution in [0.2, 0.25) is 0 Å². The fraction of sp³-hybridized carbons (Fsp3) is 0.558. The maximum absolute atomic E-state index is 14.1. The van der Waals surface area contributed by atoms with Crippen molar-refractivity contribution in [1.29, 1.82) is 0 Å². The molecule has 6 rings (SSSR count). The minimum absolute atomic E-state index is 0.00809. The number of benzene rings is 1. The SMILES string of the molecule is CCn1c(-c2nonc2N)nc2c(C#CC(C)(C)O)ncc(OCCCCCCCC(=O)NCCCCCC(=O)C[C@H](C(=O)N3C[C@H](O)C[C@H]3C(=O)NCc3ccc(-c4scnc4C)cc3)C(C)(C)C)c21. The first-order chi connectivity index (χ1) is 33.8. The van der Waals surface area contributed by atoms with E-state index in [1.54, 1.807) is 31.4 Å². The zero-order chi connectivity index (χ0) is 51.3. The topological polar surface area (TPSA) is 254 Å². The smallest absolute Gasteiger partial charge is 0.243 e. The minimum Gasteiger partial charge on any atom is -0.490 e. The van der Waals surface area contributed by atoms with Gasteiger partial charge in [-0.25, -0.2) is 19.6 Å². The Morgan fingerprint density at radius 3 is 2.37 bits per heavy atom. The highest BCUT2D eigenvalue weighted by Crippen LogP contribution is 2.35. The number of thiazole rings is 1. The lowest BCUT2D eigenvalue weighted by molar-refractivity contribution is -0.146. The van der Waals surface area contributed by atoms with Crippen LogP contribution in [0.25, 0.3) is 33.0 Å². The van der Waals surface area contributed by atoms with E-state index >= 15 is 0 Å². The predicted octanol–water partition coefficient (Wildman–Crippen LogP) is 6.93. The van der Waals surface area contributed by atoms with Crippen LogP contribution in [0.4, 0.5) is 5.82 Å². The molecule has 0 radical (unpaired) electrons. The number of hydrogen-bond donors (Lipinski definition) is 5. The molecule has 4 aromatic heterocycles. The molecular weight excluding hydrogens is 925 g/mol. The molecule has 3 amide bonds. The van der Waals surface area contributed by atoms with Gasteiger partial charge in [-0.3, -0.25) is 19.2 Å². The lowest BCUT2D eigenvalue weighted by atomic mass is 9.76. The molecule has 0 unspecified atom stereocenters. The fourth-order valence-corrected chi connectivity index (χ4v) is 9.47. The monoisotopic (exact) mass is 995 g/mol. The number of ether oxygens (including phenoxy) is 1. The number of aliphatic hydroxyl groups excluding tert-OH is 1. The number of nitrogens with two attached hydrogens (primary N) is 1. The standard InChI is InChI=1S/C52H70N10O8S/c1-8-61-45-41(30-55-39(23-24-52(6,7)68)43(45)58-48(61)44-47(53)60-70-59-44)69-26-16-11-9-10-14-18-42(65)54-25-15-12-13-17-36(63)27-38(51(3,4)5)50(67)62-31-37(64)28-40(62)49(66)56-29-34-19-21-35(22-20-34)46-33(2)57-32-71-46/h19-22,30,32,37-38,40,64,68H,8-18,25-29,31H2,1-7H3,(H2,53,60)(H,54,65)(H,56,66)/t37-,38-,40+/m1/s1. The van der Waals surface area contributed by atoms with Gasteiger partial charge >= 0.3 is 0 Å². The van der Waals surface area contributed by atoms with E-state index in [0.29, 0.717) is 73.0 Å². The number of ketones is 1. The number of carbonyl (C=O) groups is 4. The van der Waals surface area contributed by atoms with E-state index in [-0.39, 0.29) is 55.3 Å². The molecule has 19 heteroatoms. The molecule has 382 valence electrons. The summed E-state index contributed by atoms with van der Waals surface area (Å²) in [7, 11) is 0. The van der Waals surface area contributed by atoms with Crippen LogP contribution in [0.5, 0.6) is 5.75 Å². The molecular formula is C52H70N10O8S. The zero-order valence-electron chi connectivity index (χ0n) is 42.2. The number of hydrogen-bond acceptors (Lipinski definition) is 15. The molecule has 18 nitrogen and oxygen atoms in total. The molecule has 3 atom stereocenters. The predicted molar refractivity (Wildman–Crippen MR) is 272 cm³/mol. The Hall–Kier alpha value is -6.23. The molecule has 1 fully saturated rings. The summed E-state index contributed by atoms with van der Waals surface area (Å²) in [6.45, 7) is 14.7. The highest BCUT2D eigenvalue weighted by molar-refractivity contribution is 7.13. The Bertz CT molecular complexity index is 2670. The maximum Gasteiger partial charge on any atom is 0.243 e. The molecule has 1 aromatic carbocycles. The summed E-state index contributed by atoms with van der Waals surface area (Å²) in [4.78, 5) is 69.5. The van der Waals surface area contributed by atoms with E-state index in [1.807, 2.05) is 69.0 Å². The van der Waals surface area contributed by atoms with Crippen LogP contribution in [0.1, 0.15) is 136 Å². The van der Waals surface area contributed by atoms with Crippen LogP contribution >= 0.6 is 11.3 Å². The summed E-state index contributed by atoms with van der Waals surface area (Å²) in [6, 6.07) is 7.09. The number of likely N-dealkylation sites (tertiary alicyclic amines) is 1. The third-order valence-corrected chi connectivity index (χ3v) is 13.6. The van der Waals surface area contributed by atoms with Gasteiger partial charge in [-0.15, -0.1) is 11.3 Å². The summed E-state index contributed by atoms with van der Waals surface area (Å²) in [5, 5.41) is 34.4. The van der Waals surface area contributed by atoms with Gasteiger partial charge in [0.1, 0.15) is 34.2 Å². The van der Waals surface area contributed by atoms with E-state index in [9.17, 15) is 29.4 Å². The molecule has 0 saturated carbocycles. The van der Waals surface area contributed by atoms with Crippen LogP contribution in [0.15, 0.2) is 40.6 Å². The second-order valence-corrected chi connectivity index (χ2v) is 20.8. The second-order valence-electron chi connectivity index (χ2n) is 19.9. The average Bonchev–Trinajstić information content (AvgIpc) is 4.14.